The van der Waals surface area contributed by atoms with E-state index in [1.165, 1.54) is 11.2 Å². The Bertz CT molecular complexity index is 736. The lowest BCUT2D eigenvalue weighted by Crippen LogP contribution is -2.48. The van der Waals surface area contributed by atoms with Crippen LogP contribution >= 0.6 is 0 Å². The van der Waals surface area contributed by atoms with Gasteiger partial charge in [0.2, 0.25) is 15.9 Å². The number of nitrogens with zero attached hydrogens (tertiary/aromatic N) is 2. The van der Waals surface area contributed by atoms with Crippen molar-refractivity contribution in [1.29, 1.82) is 0 Å². The van der Waals surface area contributed by atoms with Crippen molar-refractivity contribution in [3.05, 3.63) is 24.3 Å². The number of ether oxygens (including phenoxy) is 2. The van der Waals surface area contributed by atoms with Crippen LogP contribution < -0.4 is 4.74 Å². The Kier molecular flexibility index (Phi) is 5.31. The molecule has 0 radical (unpaired) electrons. The first-order valence-electron chi connectivity index (χ1n) is 8.47. The van der Waals surface area contributed by atoms with Crippen molar-refractivity contribution in [2.24, 2.45) is 0 Å². The minimum absolute atomic E-state index is 0.00292. The number of methoxy groups -OCH3 is 1. The molecule has 0 aliphatic carbocycles. The van der Waals surface area contributed by atoms with Crippen LogP contribution in [0.5, 0.6) is 5.75 Å². The Balaban J connectivity index is 2.02. The van der Waals surface area contributed by atoms with Crippen molar-refractivity contribution in [1.82, 2.24) is 9.21 Å². The van der Waals surface area contributed by atoms with Crippen molar-refractivity contribution in [2.45, 2.75) is 36.8 Å². The first kappa shape index (κ1) is 18.2. The molecule has 0 saturated carbocycles. The van der Waals surface area contributed by atoms with E-state index in [2.05, 4.69) is 0 Å². The van der Waals surface area contributed by atoms with Crippen LogP contribution in [-0.2, 0) is 19.6 Å². The standard InChI is InChI=1S/C17H24N2O5S/c1-13(20)18-9-7-14-15(8-10-18)24-16-5-3-4-6-17(16)25(21,22)19(14)11-12-23-2/h3-6,14-15H,7-12H2,1-2H3/t14-,15-/m1/s1. The van der Waals surface area contributed by atoms with Gasteiger partial charge in [0.15, 0.2) is 0 Å². The number of likely N-dealkylation sites (tertiary alicyclic amines) is 1. The van der Waals surface area contributed by atoms with Crippen molar-refractivity contribution in [3.63, 3.8) is 0 Å². The summed E-state index contributed by atoms with van der Waals surface area (Å²) in [5.74, 6) is 0.386. The smallest absolute Gasteiger partial charge is 0.247 e. The number of rotatable bonds is 3. The summed E-state index contributed by atoms with van der Waals surface area (Å²) in [5.41, 5.74) is 0. The number of para-hydroxylation sites is 1. The van der Waals surface area contributed by atoms with E-state index < -0.39 is 10.0 Å². The molecule has 2 aliphatic rings. The Morgan fingerprint density at radius 2 is 2.00 bits per heavy atom. The Morgan fingerprint density at radius 1 is 1.28 bits per heavy atom. The number of fused-ring (bicyclic) bond motifs is 2. The van der Waals surface area contributed by atoms with E-state index in [4.69, 9.17) is 9.47 Å². The van der Waals surface area contributed by atoms with Gasteiger partial charge in [-0.1, -0.05) is 12.1 Å². The monoisotopic (exact) mass is 368 g/mol. The number of hydrogen-bond acceptors (Lipinski definition) is 5. The summed E-state index contributed by atoms with van der Waals surface area (Å²) >= 11 is 0. The summed E-state index contributed by atoms with van der Waals surface area (Å²) < 4.78 is 39.2. The molecule has 3 rings (SSSR count). The third-order valence-corrected chi connectivity index (χ3v) is 6.82. The lowest BCUT2D eigenvalue weighted by molar-refractivity contribution is -0.128. The second kappa shape index (κ2) is 7.31. The number of benzene rings is 1. The molecule has 0 unspecified atom stereocenters. The van der Waals surface area contributed by atoms with E-state index in [-0.39, 0.29) is 29.5 Å². The number of carbonyl (C=O) groups is 1. The minimum Gasteiger partial charge on any atom is -0.487 e. The molecule has 1 saturated heterocycles. The van der Waals surface area contributed by atoms with E-state index in [0.29, 0.717) is 38.3 Å². The van der Waals surface area contributed by atoms with Gasteiger partial charge in [-0.25, -0.2) is 8.42 Å². The fraction of sp³-hybridized carbons (Fsp3) is 0.588. The van der Waals surface area contributed by atoms with Crippen LogP contribution in [0, 0.1) is 0 Å². The van der Waals surface area contributed by atoms with Gasteiger partial charge in [-0.15, -0.1) is 0 Å². The topological polar surface area (TPSA) is 76.2 Å². The van der Waals surface area contributed by atoms with Crippen LogP contribution in [0.15, 0.2) is 29.2 Å². The van der Waals surface area contributed by atoms with Gasteiger partial charge >= 0.3 is 0 Å². The molecule has 2 heterocycles. The summed E-state index contributed by atoms with van der Waals surface area (Å²) in [4.78, 5) is 13.7. The maximum absolute atomic E-state index is 13.2. The number of hydrogen-bond donors (Lipinski definition) is 0. The molecule has 0 spiro atoms. The van der Waals surface area contributed by atoms with Crippen molar-refractivity contribution in [3.8, 4) is 5.75 Å². The molecule has 8 heteroatoms. The largest absolute Gasteiger partial charge is 0.487 e. The van der Waals surface area contributed by atoms with Gasteiger partial charge in [-0.2, -0.15) is 4.31 Å². The molecule has 1 aromatic carbocycles. The quantitative estimate of drug-likeness (QED) is 0.798. The minimum atomic E-state index is -3.69. The second-order valence-electron chi connectivity index (χ2n) is 6.36. The number of sulfonamides is 1. The maximum Gasteiger partial charge on any atom is 0.247 e. The molecular weight excluding hydrogens is 344 g/mol. The summed E-state index contributed by atoms with van der Waals surface area (Å²) in [7, 11) is -2.14. The van der Waals surface area contributed by atoms with Gasteiger partial charge < -0.3 is 14.4 Å². The Labute approximate surface area is 148 Å². The Hall–Kier alpha value is -1.64. The van der Waals surface area contributed by atoms with Crippen LogP contribution in [0.3, 0.4) is 0 Å². The van der Waals surface area contributed by atoms with Gasteiger partial charge in [0.25, 0.3) is 0 Å². The fourth-order valence-corrected chi connectivity index (χ4v) is 5.32. The molecule has 0 aromatic heterocycles. The summed E-state index contributed by atoms with van der Waals surface area (Å²) in [6.45, 7) is 3.20. The van der Waals surface area contributed by atoms with E-state index in [9.17, 15) is 13.2 Å². The van der Waals surface area contributed by atoms with Gasteiger partial charge in [-0.05, 0) is 18.6 Å². The highest BCUT2D eigenvalue weighted by Crippen LogP contribution is 2.36. The lowest BCUT2D eigenvalue weighted by Gasteiger charge is -2.31. The molecule has 2 aliphatic heterocycles. The molecule has 0 N–H and O–H groups in total. The third kappa shape index (κ3) is 3.51. The van der Waals surface area contributed by atoms with Crippen molar-refractivity contribution < 1.29 is 22.7 Å². The molecular formula is C17H24N2O5S. The average molecular weight is 368 g/mol. The Morgan fingerprint density at radius 3 is 2.72 bits per heavy atom. The molecule has 25 heavy (non-hydrogen) atoms. The van der Waals surface area contributed by atoms with Gasteiger partial charge in [0, 0.05) is 40.1 Å². The predicted octanol–water partition coefficient (Wildman–Crippen LogP) is 1.10. The molecule has 138 valence electrons. The molecule has 7 nitrogen and oxygen atoms in total. The van der Waals surface area contributed by atoms with Crippen LogP contribution in [0.2, 0.25) is 0 Å². The first-order valence-corrected chi connectivity index (χ1v) is 9.91. The highest BCUT2D eigenvalue weighted by atomic mass is 32.2. The van der Waals surface area contributed by atoms with Gasteiger partial charge in [0.1, 0.15) is 16.7 Å². The van der Waals surface area contributed by atoms with E-state index in [1.54, 1.807) is 36.3 Å². The highest BCUT2D eigenvalue weighted by Gasteiger charge is 2.43. The van der Waals surface area contributed by atoms with Crippen molar-refractivity contribution >= 4 is 15.9 Å². The van der Waals surface area contributed by atoms with Crippen LogP contribution in [0.4, 0.5) is 0 Å². The molecule has 1 amide bonds. The van der Waals surface area contributed by atoms with E-state index in [0.717, 1.165) is 0 Å². The fourth-order valence-electron chi connectivity index (χ4n) is 3.54. The number of carbonyl (C=O) groups excluding carboxylic acids is 1. The first-order chi connectivity index (χ1) is 11.9. The van der Waals surface area contributed by atoms with E-state index in [1.807, 2.05) is 0 Å². The molecule has 1 aromatic rings. The highest BCUT2D eigenvalue weighted by molar-refractivity contribution is 7.89. The van der Waals surface area contributed by atoms with Crippen LogP contribution in [-0.4, -0.2) is 69.0 Å². The molecule has 2 atom stereocenters. The SMILES string of the molecule is COCCN1[C@@H]2CCN(C(C)=O)CC[C@H]2Oc2ccccc2S1(=O)=O. The maximum atomic E-state index is 13.2. The third-order valence-electron chi connectivity index (χ3n) is 4.85. The zero-order valence-electron chi connectivity index (χ0n) is 14.6. The molecule has 1 fully saturated rings. The summed E-state index contributed by atoms with van der Waals surface area (Å²) in [6, 6.07) is 6.42. The van der Waals surface area contributed by atoms with Crippen LogP contribution in [0.1, 0.15) is 19.8 Å². The average Bonchev–Trinajstić information content (AvgIpc) is 2.82. The van der Waals surface area contributed by atoms with Crippen LogP contribution in [0.25, 0.3) is 0 Å². The normalized spacial score (nSPS) is 25.9. The summed E-state index contributed by atoms with van der Waals surface area (Å²) in [5, 5.41) is 0. The second-order valence-corrected chi connectivity index (χ2v) is 8.22. The molecule has 0 bridgehead atoms. The van der Waals surface area contributed by atoms with Gasteiger partial charge in [0.05, 0.1) is 12.6 Å². The zero-order valence-corrected chi connectivity index (χ0v) is 15.4. The zero-order chi connectivity index (χ0) is 18.0. The summed E-state index contributed by atoms with van der Waals surface area (Å²) in [6.07, 6.45) is 0.846. The lowest BCUT2D eigenvalue weighted by atomic mass is 10.1. The van der Waals surface area contributed by atoms with E-state index >= 15 is 0 Å². The van der Waals surface area contributed by atoms with Gasteiger partial charge in [-0.3, -0.25) is 4.79 Å². The predicted molar refractivity (Wildman–Crippen MR) is 91.9 cm³/mol. The number of amides is 1. The van der Waals surface area contributed by atoms with Crippen molar-refractivity contribution in [2.75, 3.05) is 33.4 Å².